The molecule has 0 unspecified atom stereocenters. The zero-order valence-corrected chi connectivity index (χ0v) is 9.63. The minimum Gasteiger partial charge on any atom is -0.370 e. The lowest BCUT2D eigenvalue weighted by atomic mass is 9.88. The van der Waals surface area contributed by atoms with Crippen molar-refractivity contribution in [1.82, 2.24) is 5.32 Å². The highest BCUT2D eigenvalue weighted by Gasteiger charge is 2.32. The van der Waals surface area contributed by atoms with Crippen molar-refractivity contribution < 1.29 is 8.78 Å². The Morgan fingerprint density at radius 3 is 3.00 bits per heavy atom. The summed E-state index contributed by atoms with van der Waals surface area (Å²) in [6.45, 7) is 3.38. The number of rotatable bonds is 1. The van der Waals surface area contributed by atoms with Crippen molar-refractivity contribution in [2.45, 2.75) is 25.3 Å². The lowest BCUT2D eigenvalue weighted by Crippen LogP contribution is -2.35. The second-order valence-electron chi connectivity index (χ2n) is 4.75. The van der Waals surface area contributed by atoms with Crippen LogP contribution in [0.4, 0.5) is 14.5 Å². The first kappa shape index (κ1) is 11.0. The topological polar surface area (TPSA) is 15.3 Å². The maximum Gasteiger partial charge on any atom is 0.245 e. The number of anilines is 1. The first-order chi connectivity index (χ1) is 8.27. The third kappa shape index (κ3) is 1.80. The number of nitrogens with one attached hydrogen (secondary N) is 1. The van der Waals surface area contributed by atoms with Crippen molar-refractivity contribution in [2.24, 2.45) is 0 Å². The van der Waals surface area contributed by atoms with Crippen LogP contribution >= 0.6 is 0 Å². The standard InChI is InChI=1S/C13H16F2N2/c14-13(15)11-4-6-17-7-5-16-8-9-2-1-3-10(11)12(9)17/h1-3,11,13,16H,4-8H2/t11-/m1/s1. The van der Waals surface area contributed by atoms with Crippen molar-refractivity contribution in [3.05, 3.63) is 29.3 Å². The molecule has 0 aliphatic carbocycles. The molecule has 1 aromatic rings. The molecule has 1 N–H and O–H groups in total. The summed E-state index contributed by atoms with van der Waals surface area (Å²) in [6.07, 6.45) is -1.69. The van der Waals surface area contributed by atoms with Crippen molar-refractivity contribution in [2.75, 3.05) is 24.5 Å². The van der Waals surface area contributed by atoms with E-state index in [4.69, 9.17) is 0 Å². The van der Waals surface area contributed by atoms with Crippen LogP contribution in [-0.4, -0.2) is 26.1 Å². The molecular formula is C13H16F2N2. The quantitative estimate of drug-likeness (QED) is 0.808. The van der Waals surface area contributed by atoms with Crippen LogP contribution in [0.2, 0.25) is 0 Å². The molecule has 1 atom stereocenters. The Hall–Kier alpha value is -1.16. The van der Waals surface area contributed by atoms with E-state index < -0.39 is 12.3 Å². The Balaban J connectivity index is 2.10. The number of hydrogen-bond donors (Lipinski definition) is 1. The van der Waals surface area contributed by atoms with Gasteiger partial charge in [0.15, 0.2) is 0 Å². The maximum atomic E-state index is 13.0. The summed E-state index contributed by atoms with van der Waals surface area (Å²) in [4.78, 5) is 2.25. The van der Waals surface area contributed by atoms with Gasteiger partial charge in [-0.1, -0.05) is 18.2 Å². The molecule has 2 nitrogen and oxygen atoms in total. The van der Waals surface area contributed by atoms with Gasteiger partial charge in [0.25, 0.3) is 0 Å². The van der Waals surface area contributed by atoms with Crippen LogP contribution in [0.1, 0.15) is 23.5 Å². The minimum atomic E-state index is -2.25. The summed E-state index contributed by atoms with van der Waals surface area (Å²) in [6, 6.07) is 5.81. The highest BCUT2D eigenvalue weighted by molar-refractivity contribution is 5.63. The van der Waals surface area contributed by atoms with Gasteiger partial charge in [0.2, 0.25) is 6.43 Å². The largest absolute Gasteiger partial charge is 0.370 e. The Kier molecular flexibility index (Phi) is 2.74. The number of alkyl halides is 2. The van der Waals surface area contributed by atoms with Gasteiger partial charge in [-0.15, -0.1) is 0 Å². The van der Waals surface area contributed by atoms with Crippen molar-refractivity contribution in [3.63, 3.8) is 0 Å². The fourth-order valence-electron chi connectivity index (χ4n) is 2.92. The second kappa shape index (κ2) is 4.26. The molecular weight excluding hydrogens is 222 g/mol. The van der Waals surface area contributed by atoms with Crippen LogP contribution in [0.25, 0.3) is 0 Å². The lowest BCUT2D eigenvalue weighted by molar-refractivity contribution is 0.109. The minimum absolute atomic E-state index is 0.564. The fraction of sp³-hybridized carbons (Fsp3) is 0.538. The van der Waals surface area contributed by atoms with Gasteiger partial charge in [-0.2, -0.15) is 0 Å². The number of benzene rings is 1. The van der Waals surface area contributed by atoms with Gasteiger partial charge in [0.1, 0.15) is 0 Å². The van der Waals surface area contributed by atoms with Gasteiger partial charge in [-0.3, -0.25) is 0 Å². The molecule has 2 aliphatic rings. The Bertz CT molecular complexity index is 420. The fourth-order valence-corrected chi connectivity index (χ4v) is 2.92. The first-order valence-electron chi connectivity index (χ1n) is 6.13. The third-order valence-electron chi connectivity index (χ3n) is 3.75. The predicted molar refractivity (Wildman–Crippen MR) is 63.7 cm³/mol. The molecule has 0 saturated carbocycles. The van der Waals surface area contributed by atoms with E-state index in [1.807, 2.05) is 18.2 Å². The number of halogens is 2. The summed E-state index contributed by atoms with van der Waals surface area (Å²) >= 11 is 0. The van der Waals surface area contributed by atoms with Crippen molar-refractivity contribution >= 4 is 5.69 Å². The van der Waals surface area contributed by atoms with Gasteiger partial charge in [-0.25, -0.2) is 8.78 Å². The van der Waals surface area contributed by atoms with Crippen LogP contribution < -0.4 is 10.2 Å². The molecule has 0 bridgehead atoms. The second-order valence-corrected chi connectivity index (χ2v) is 4.75. The molecule has 2 heterocycles. The molecule has 0 amide bonds. The van der Waals surface area contributed by atoms with Gasteiger partial charge in [-0.05, 0) is 17.5 Å². The molecule has 1 aromatic carbocycles. The van der Waals surface area contributed by atoms with Crippen LogP contribution in [-0.2, 0) is 6.54 Å². The van der Waals surface area contributed by atoms with Gasteiger partial charge < -0.3 is 10.2 Å². The molecule has 92 valence electrons. The predicted octanol–water partition coefficient (Wildman–Crippen LogP) is 2.35. The lowest BCUT2D eigenvalue weighted by Gasteiger charge is -2.35. The normalized spacial score (nSPS) is 23.5. The van der Waals surface area contributed by atoms with Gasteiger partial charge >= 0.3 is 0 Å². The summed E-state index contributed by atoms with van der Waals surface area (Å²) in [5, 5.41) is 3.34. The van der Waals surface area contributed by atoms with Crippen LogP contribution in [0.3, 0.4) is 0 Å². The molecule has 4 heteroatoms. The highest BCUT2D eigenvalue weighted by atomic mass is 19.3. The van der Waals surface area contributed by atoms with E-state index in [1.54, 1.807) is 0 Å². The monoisotopic (exact) mass is 238 g/mol. The van der Waals surface area contributed by atoms with E-state index in [0.29, 0.717) is 6.42 Å². The van der Waals surface area contributed by atoms with Crippen molar-refractivity contribution in [1.29, 1.82) is 0 Å². The zero-order chi connectivity index (χ0) is 11.8. The maximum absolute atomic E-state index is 13.0. The van der Waals surface area contributed by atoms with Crippen molar-refractivity contribution in [3.8, 4) is 0 Å². The van der Waals surface area contributed by atoms with E-state index in [2.05, 4.69) is 10.2 Å². The molecule has 0 aromatic heterocycles. The van der Waals surface area contributed by atoms with Crippen LogP contribution in [0.15, 0.2) is 18.2 Å². The van der Waals surface area contributed by atoms with Crippen LogP contribution in [0.5, 0.6) is 0 Å². The molecule has 3 rings (SSSR count). The molecule has 0 saturated heterocycles. The SMILES string of the molecule is FC(F)[C@@H]1CCN2CCNCc3cccc1c32. The molecule has 0 fully saturated rings. The van der Waals surface area contributed by atoms with E-state index in [9.17, 15) is 8.78 Å². The Labute approximate surface area is 99.6 Å². The Morgan fingerprint density at radius 2 is 2.18 bits per heavy atom. The average Bonchev–Trinajstić information content (AvgIpc) is 2.54. The van der Waals surface area contributed by atoms with E-state index in [-0.39, 0.29) is 0 Å². The average molecular weight is 238 g/mol. The highest BCUT2D eigenvalue weighted by Crippen LogP contribution is 2.41. The van der Waals surface area contributed by atoms with Crippen LogP contribution in [0, 0.1) is 0 Å². The smallest absolute Gasteiger partial charge is 0.245 e. The number of hydrogen-bond acceptors (Lipinski definition) is 2. The molecule has 17 heavy (non-hydrogen) atoms. The summed E-state index contributed by atoms with van der Waals surface area (Å²) in [7, 11) is 0. The van der Waals surface area contributed by atoms with Gasteiger partial charge in [0, 0.05) is 37.8 Å². The Morgan fingerprint density at radius 1 is 1.29 bits per heavy atom. The summed E-state index contributed by atoms with van der Waals surface area (Å²) < 4.78 is 26.1. The van der Waals surface area contributed by atoms with E-state index in [0.717, 1.165) is 43.0 Å². The number of nitrogens with zero attached hydrogens (tertiary/aromatic N) is 1. The third-order valence-corrected chi connectivity index (χ3v) is 3.75. The number of para-hydroxylation sites is 1. The van der Waals surface area contributed by atoms with E-state index in [1.165, 1.54) is 0 Å². The molecule has 2 aliphatic heterocycles. The summed E-state index contributed by atoms with van der Waals surface area (Å²) in [5.74, 6) is -0.584. The molecule has 0 spiro atoms. The van der Waals surface area contributed by atoms with E-state index >= 15 is 0 Å². The first-order valence-corrected chi connectivity index (χ1v) is 6.13. The zero-order valence-electron chi connectivity index (χ0n) is 9.63. The molecule has 0 radical (unpaired) electrons. The summed E-state index contributed by atoms with van der Waals surface area (Å²) in [5.41, 5.74) is 3.06. The van der Waals surface area contributed by atoms with Gasteiger partial charge in [0.05, 0.1) is 0 Å².